The van der Waals surface area contributed by atoms with Crippen LogP contribution in [-0.2, 0) is 29.0 Å². The monoisotopic (exact) mass is 2360 g/mol. The molecule has 0 amide bonds. The predicted molar refractivity (Wildman–Crippen MR) is 624 cm³/mol. The van der Waals surface area contributed by atoms with Gasteiger partial charge >= 0.3 is 0 Å². The Balaban J connectivity index is 0.000000839. The van der Waals surface area contributed by atoms with Crippen LogP contribution < -0.4 is 46.1 Å². The van der Waals surface area contributed by atoms with Crippen LogP contribution in [0.15, 0.2) is 22.5 Å². The van der Waals surface area contributed by atoms with Gasteiger partial charge in [0.2, 0.25) is 0 Å². The van der Waals surface area contributed by atoms with Crippen LogP contribution in [0.3, 0.4) is 0 Å². The summed E-state index contributed by atoms with van der Waals surface area (Å²) in [6.45, 7) is 80.2. The maximum Gasteiger partial charge on any atom is 0.285 e. The van der Waals surface area contributed by atoms with Crippen LogP contribution in [0.1, 0.15) is 360 Å². The second kappa shape index (κ2) is 69.3. The van der Waals surface area contributed by atoms with E-state index < -0.39 is 67.6 Å². The van der Waals surface area contributed by atoms with Gasteiger partial charge in [0, 0.05) is 49.8 Å². The molecule has 0 aliphatic carbocycles. The standard InChI is InChI=1S/C16H24N4O5S.C16H24N4O4S.C10H19N2S.C10H14N2S.C9H12N4S.C9H15NS.C7H10BrNS.C7H10ClNS.C7H12N2S.2C5H12.C4H11N.2ClH/c1-7(2)15-8(3)17-16(26-15)9-4-20(19-18-9)5-10-12(22)14(24)13(23)11(6-21)25-10;1-7(2)15-8(3)17-16(25-15)10-5-20(19-18-10)6-11-13(22)14(23)12(21)9(4)24-11;1-7(2)9-8(3)11-10(13-9)12(4,5)6;1-5-6-11-10-12-8(4)9(13-10)7(2)3;1-5(2)8-6(3)11-9(14-8)7-4-10-13-12-7;1-5-8-10-7(4)9(11-8)6(2)3;3*1-4(2)6-5(3)9-7(8)10-6;2*1-4-5(2)3;1-4(2)3-5;;/h4,7,10-14,21-24H,5-6H2,1-3H3;5,7,9,11-14,21-23H,6H2,1-4H3;7H,1-6H3;1,7H,6H2,2-4H3,(H,11,12);4-5H,1-3H3,(H,10,12,13);6H,5H2,1-4H3;2*4H,1-3H3;4H,1-3H3,(H2,8,9);2*5H,4H2,1-3H3;4H,3,5H2,1-2H3;2*1H/q;;+1;;;;;;;;;;;/p-1. The summed E-state index contributed by atoms with van der Waals surface area (Å²) in [6.07, 6.45) is 3.36. The number of nitrogens with two attached hydrogens (primary N) is 1. The van der Waals surface area contributed by atoms with Gasteiger partial charge in [-0.3, -0.25) is 4.48 Å². The Kier molecular flexibility index (Phi) is 65.7. The molecule has 10 atom stereocenters. The van der Waals surface area contributed by atoms with Gasteiger partial charge in [-0.25, -0.2) is 49.2 Å². The Hall–Kier alpha value is -5.84. The first-order valence-corrected chi connectivity index (χ1v) is 59.3. The van der Waals surface area contributed by atoms with Crippen molar-refractivity contribution in [2.45, 2.75) is 403 Å². The van der Waals surface area contributed by atoms with Crippen molar-refractivity contribution in [3.63, 3.8) is 0 Å². The number of aromatic amines is 1. The highest BCUT2D eigenvalue weighted by Gasteiger charge is 2.45. The highest BCUT2D eigenvalue weighted by atomic mass is 79.9. The van der Waals surface area contributed by atoms with E-state index in [2.05, 4.69) is 343 Å². The van der Waals surface area contributed by atoms with E-state index in [9.17, 15) is 35.7 Å². The van der Waals surface area contributed by atoms with E-state index in [1.165, 1.54) is 82.9 Å². The summed E-state index contributed by atoms with van der Waals surface area (Å²) in [7, 11) is 6.47. The molecule has 2 saturated heterocycles. The summed E-state index contributed by atoms with van der Waals surface area (Å²) in [5.74, 6) is 9.84. The Morgan fingerprint density at radius 3 is 1.09 bits per heavy atom. The van der Waals surface area contributed by atoms with Crippen LogP contribution in [0.5, 0.6) is 0 Å². The molecular formula is C105H176BrCl3N22O9S9. The van der Waals surface area contributed by atoms with Crippen molar-refractivity contribution in [3.05, 3.63) is 127 Å². The average Bonchev–Trinajstić information content (AvgIpc) is 1.77. The number of nitrogen functional groups attached to an aromatic ring is 1. The van der Waals surface area contributed by atoms with E-state index in [1.54, 1.807) is 110 Å². The first kappa shape index (κ1) is 141. The van der Waals surface area contributed by atoms with Gasteiger partial charge in [-0.15, -0.1) is 107 Å². The highest BCUT2D eigenvalue weighted by Crippen LogP contribution is 2.39. The molecule has 31 nitrogen and oxygen atoms in total. The van der Waals surface area contributed by atoms with Crippen LogP contribution in [0.25, 0.3) is 32.1 Å². The van der Waals surface area contributed by atoms with Crippen LogP contribution in [0.2, 0.25) is 4.47 Å². The van der Waals surface area contributed by atoms with Crippen molar-refractivity contribution in [1.29, 1.82) is 0 Å². The maximum atomic E-state index is 10.1. The van der Waals surface area contributed by atoms with Crippen molar-refractivity contribution in [3.8, 4) is 44.4 Å². The summed E-state index contributed by atoms with van der Waals surface area (Å²) in [5, 5.41) is 105. The number of anilines is 2. The number of nitrogens with one attached hydrogen (secondary N) is 2. The Bertz CT molecular complexity index is 5600. The number of aliphatic hydroxyl groups is 7. The lowest BCUT2D eigenvalue weighted by Gasteiger charge is -2.39. The third-order valence-corrected chi connectivity index (χ3v) is 36.5. The number of thiazole rings is 9. The summed E-state index contributed by atoms with van der Waals surface area (Å²) in [6, 6.07) is 0. The number of aliphatic hydroxyl groups excluding tert-OH is 7. The van der Waals surface area contributed by atoms with E-state index in [0.29, 0.717) is 80.8 Å². The molecule has 0 aromatic carbocycles. The summed E-state index contributed by atoms with van der Waals surface area (Å²) in [5.41, 5.74) is 21.2. The summed E-state index contributed by atoms with van der Waals surface area (Å²) >= 11 is 24.2. The molecule has 2 aliphatic heterocycles. The average molecular weight is 2370 g/mol. The lowest BCUT2D eigenvalue weighted by Crippen LogP contribution is -3.00. The van der Waals surface area contributed by atoms with Crippen molar-refractivity contribution in [1.82, 2.24) is 94.7 Å². The molecule has 149 heavy (non-hydrogen) atoms. The summed E-state index contributed by atoms with van der Waals surface area (Å²) in [4.78, 5) is 51.5. The van der Waals surface area contributed by atoms with Crippen molar-refractivity contribution < 1.29 is 75.8 Å². The Labute approximate surface area is 951 Å². The minimum absolute atomic E-state index is 0. The van der Waals surface area contributed by atoms with Gasteiger partial charge in [-0.1, -0.05) is 239 Å². The molecule has 14 rings (SSSR count). The number of nitrogens with zero attached hydrogens (tertiary/aromatic N) is 18. The number of hydrogen-bond acceptors (Lipinski definition) is 35. The number of halogens is 4. The van der Waals surface area contributed by atoms with E-state index >= 15 is 0 Å². The molecule has 2 aliphatic rings. The van der Waals surface area contributed by atoms with Gasteiger partial charge in [0.1, 0.15) is 87.0 Å². The zero-order valence-corrected chi connectivity index (χ0v) is 107. The molecule has 44 heteroatoms. The fourth-order valence-electron chi connectivity index (χ4n) is 13.7. The van der Waals surface area contributed by atoms with Crippen LogP contribution >= 0.6 is 130 Å². The van der Waals surface area contributed by atoms with Crippen LogP contribution in [-0.4, -0.2) is 228 Å². The van der Waals surface area contributed by atoms with Gasteiger partial charge in [0.25, 0.3) is 5.13 Å². The minimum atomic E-state index is -1.40. The molecule has 0 spiro atoms. The molecule has 14 N–H and O–H groups in total. The minimum Gasteiger partial charge on any atom is -1.00 e. The number of ether oxygens (including phenoxy) is 2. The number of hydrogen-bond donors (Lipinski definition) is 11. The van der Waals surface area contributed by atoms with E-state index in [4.69, 9.17) is 33.2 Å². The molecule has 12 aromatic heterocycles. The highest BCUT2D eigenvalue weighted by molar-refractivity contribution is 9.11. The van der Waals surface area contributed by atoms with Crippen molar-refractivity contribution in [2.75, 3.05) is 51.9 Å². The van der Waals surface area contributed by atoms with Crippen LogP contribution in [0, 0.1) is 92.4 Å². The van der Waals surface area contributed by atoms with Gasteiger partial charge in [-0.2, -0.15) is 20.4 Å². The largest absolute Gasteiger partial charge is 1.00 e. The number of terminal acetylenes is 1. The van der Waals surface area contributed by atoms with Gasteiger partial charge in [-0.05, 0) is 157 Å². The predicted octanol–water partition coefficient (Wildman–Crippen LogP) is 18.0. The second-order valence-electron chi connectivity index (χ2n) is 41.0. The van der Waals surface area contributed by atoms with Crippen LogP contribution in [0.4, 0.5) is 15.4 Å². The summed E-state index contributed by atoms with van der Waals surface area (Å²) < 4.78 is 16.6. The Morgan fingerprint density at radius 1 is 0.456 bits per heavy atom. The van der Waals surface area contributed by atoms with E-state index in [-0.39, 0.29) is 37.9 Å². The van der Waals surface area contributed by atoms with Gasteiger partial charge in [0.15, 0.2) is 18.6 Å². The molecule has 0 saturated carbocycles. The van der Waals surface area contributed by atoms with Crippen molar-refractivity contribution >= 4 is 145 Å². The Morgan fingerprint density at radius 2 is 0.799 bits per heavy atom. The quantitative estimate of drug-likeness (QED) is 0.0198. The number of rotatable bonds is 24. The topological polar surface area (TPSA) is 445 Å². The lowest BCUT2D eigenvalue weighted by molar-refractivity contribution is -0.376. The number of quaternary nitrogens is 2. The third kappa shape index (κ3) is 47.2. The molecule has 12 aromatic rings. The number of H-pyrrole nitrogens is 1. The van der Waals surface area contributed by atoms with Crippen molar-refractivity contribution in [2.24, 2.45) is 17.8 Å². The zero-order valence-electron chi connectivity index (χ0n) is 95.6. The SMILES string of the molecule is C#CCNc1nc(C)c(C(C)C)s1.CC(C)C[NH3+].CCC(C)C.CCC(C)C.CCc1nc(C)c(C(C)C)s1.Cc1nc(-c2cn(CC3OC(C)C(O)C(O)C3O)nn2)sc1C(C)C.Cc1nc(-c2cn(CC3OC(CO)C(O)C(O)C3O)nn2)sc1C(C)C.Cc1nc(-c2cn[nH]n2)sc1C(C)C.Cc1nc(Br)sc1C(C)C.Cc1nc(Cl)sc1C(C)C.Cc1nc(N)sc1C(C)C.Cc1nc([N+](C)(C)C)sc1C(C)C.[Cl-].[Cl-]. The first-order chi connectivity index (χ1) is 68.5. The molecule has 14 heterocycles. The second-order valence-corrected chi connectivity index (χ2v) is 52.3. The fraction of sp³-hybridized carbons (Fsp3) is 0.667. The molecule has 10 unspecified atom stereocenters. The fourth-order valence-corrected chi connectivity index (χ4v) is 23.4. The molecular weight excluding hydrogens is 2190 g/mol. The lowest BCUT2D eigenvalue weighted by atomic mass is 9.95. The van der Waals surface area contributed by atoms with E-state index in [0.717, 1.165) is 105 Å². The number of aromatic nitrogens is 18. The number of aryl methyl sites for hydroxylation is 10. The van der Waals surface area contributed by atoms with Gasteiger partial charge in [0.05, 0.1) is 135 Å². The first-order valence-electron chi connectivity index (χ1n) is 50.8. The normalized spacial score (nSPS) is 17.2. The zero-order chi connectivity index (χ0) is 112. The van der Waals surface area contributed by atoms with Gasteiger partial charge < -0.3 is 86.8 Å². The third-order valence-electron chi connectivity index (χ3n) is 22.5. The molecule has 842 valence electrons. The molecule has 0 bridgehead atoms. The maximum absolute atomic E-state index is 10.1. The molecule has 0 radical (unpaired) electrons. The van der Waals surface area contributed by atoms with E-state index in [1.807, 2.05) is 64.2 Å². The smallest absolute Gasteiger partial charge is 0.285 e. The molecule has 2 fully saturated rings.